The van der Waals surface area contributed by atoms with Gasteiger partial charge in [0.25, 0.3) is 5.91 Å². The number of nitrogens with one attached hydrogen (secondary N) is 2. The second-order valence-corrected chi connectivity index (χ2v) is 6.32. The van der Waals surface area contributed by atoms with Crippen LogP contribution in [0.4, 0.5) is 0 Å². The zero-order chi connectivity index (χ0) is 15.4. The lowest BCUT2D eigenvalue weighted by Crippen LogP contribution is -2.27. The van der Waals surface area contributed by atoms with Gasteiger partial charge in [0.2, 0.25) is 0 Å². The molecule has 1 aliphatic heterocycles. The average molecular weight is 364 g/mol. The van der Waals surface area contributed by atoms with E-state index < -0.39 is 0 Å². The van der Waals surface area contributed by atoms with Gasteiger partial charge in [-0.3, -0.25) is 4.79 Å². The van der Waals surface area contributed by atoms with Crippen LogP contribution in [0.2, 0.25) is 0 Å². The van der Waals surface area contributed by atoms with Crippen molar-refractivity contribution in [2.75, 3.05) is 13.1 Å². The van der Waals surface area contributed by atoms with Gasteiger partial charge in [0.1, 0.15) is 6.26 Å². The van der Waals surface area contributed by atoms with E-state index in [0.29, 0.717) is 24.0 Å². The van der Waals surface area contributed by atoms with Crippen LogP contribution in [0.1, 0.15) is 40.7 Å². The molecule has 22 heavy (non-hydrogen) atoms. The summed E-state index contributed by atoms with van der Waals surface area (Å²) in [6, 6.07) is 7.83. The number of oxazole rings is 1. The fourth-order valence-electron chi connectivity index (χ4n) is 2.52. The molecule has 1 fully saturated rings. The van der Waals surface area contributed by atoms with Crippen LogP contribution in [0.15, 0.2) is 39.4 Å². The van der Waals surface area contributed by atoms with E-state index in [4.69, 9.17) is 4.42 Å². The third-order valence-electron chi connectivity index (χ3n) is 3.81. The van der Waals surface area contributed by atoms with Crippen molar-refractivity contribution < 1.29 is 9.21 Å². The smallest absolute Gasteiger partial charge is 0.273 e. The summed E-state index contributed by atoms with van der Waals surface area (Å²) in [5, 5.41) is 6.17. The largest absolute Gasteiger partial charge is 0.448 e. The van der Waals surface area contributed by atoms with Gasteiger partial charge in [-0.25, -0.2) is 4.98 Å². The quantitative estimate of drug-likeness (QED) is 0.876. The van der Waals surface area contributed by atoms with Gasteiger partial charge in [0.05, 0.1) is 0 Å². The molecule has 116 valence electrons. The van der Waals surface area contributed by atoms with Crippen LogP contribution in [0.3, 0.4) is 0 Å². The van der Waals surface area contributed by atoms with Gasteiger partial charge in [0, 0.05) is 16.9 Å². The minimum absolute atomic E-state index is 0.202. The summed E-state index contributed by atoms with van der Waals surface area (Å²) in [4.78, 5) is 16.5. The molecule has 0 spiro atoms. The molecule has 0 bridgehead atoms. The Morgan fingerprint density at radius 3 is 2.77 bits per heavy atom. The van der Waals surface area contributed by atoms with Crippen molar-refractivity contribution in [1.29, 1.82) is 0 Å². The van der Waals surface area contributed by atoms with Crippen molar-refractivity contribution in [3.63, 3.8) is 0 Å². The molecule has 6 heteroatoms. The maximum atomic E-state index is 12.1. The lowest BCUT2D eigenvalue weighted by molar-refractivity contribution is 0.0946. The number of aromatic nitrogens is 1. The number of halogens is 1. The topological polar surface area (TPSA) is 67.2 Å². The fourth-order valence-corrected chi connectivity index (χ4v) is 2.79. The molecule has 3 rings (SSSR count). The van der Waals surface area contributed by atoms with Crippen LogP contribution in [0.25, 0.3) is 0 Å². The zero-order valence-electron chi connectivity index (χ0n) is 12.1. The molecule has 1 saturated heterocycles. The number of hydrogen-bond acceptors (Lipinski definition) is 4. The van der Waals surface area contributed by atoms with Gasteiger partial charge in [-0.2, -0.15) is 0 Å². The highest BCUT2D eigenvalue weighted by atomic mass is 79.9. The average Bonchev–Trinajstić information content (AvgIpc) is 3.05. The number of hydrogen-bond donors (Lipinski definition) is 2. The van der Waals surface area contributed by atoms with Crippen molar-refractivity contribution in [2.24, 2.45) is 0 Å². The minimum Gasteiger partial charge on any atom is -0.448 e. The molecule has 0 radical (unpaired) electrons. The van der Waals surface area contributed by atoms with Gasteiger partial charge in [-0.15, -0.1) is 0 Å². The van der Waals surface area contributed by atoms with Crippen molar-refractivity contribution in [2.45, 2.75) is 25.3 Å². The Bertz CT molecular complexity index is 633. The van der Waals surface area contributed by atoms with Crippen molar-refractivity contribution in [3.05, 3.63) is 52.1 Å². The third kappa shape index (κ3) is 3.75. The van der Waals surface area contributed by atoms with Crippen LogP contribution in [-0.2, 0) is 6.54 Å². The maximum absolute atomic E-state index is 12.1. The van der Waals surface area contributed by atoms with E-state index in [1.165, 1.54) is 6.26 Å². The van der Waals surface area contributed by atoms with Gasteiger partial charge >= 0.3 is 0 Å². The summed E-state index contributed by atoms with van der Waals surface area (Å²) in [5.74, 6) is 0.788. The Balaban J connectivity index is 1.58. The Morgan fingerprint density at radius 1 is 1.32 bits per heavy atom. The Hall–Kier alpha value is -1.66. The van der Waals surface area contributed by atoms with E-state index in [1.54, 1.807) is 0 Å². The van der Waals surface area contributed by atoms with Gasteiger partial charge < -0.3 is 15.1 Å². The van der Waals surface area contributed by atoms with Crippen molar-refractivity contribution in [1.82, 2.24) is 15.6 Å². The molecule has 0 aliphatic carbocycles. The summed E-state index contributed by atoms with van der Waals surface area (Å²) in [6.07, 6.45) is 3.45. The molecule has 5 nitrogen and oxygen atoms in total. The predicted octanol–water partition coefficient (Wildman–Crippen LogP) is 2.83. The number of benzene rings is 1. The molecule has 1 amide bonds. The summed E-state index contributed by atoms with van der Waals surface area (Å²) in [6.45, 7) is 2.41. The lowest BCUT2D eigenvalue weighted by Gasteiger charge is -2.19. The standard InChI is InChI=1S/C16H18BrN3O2/c17-13-3-1-11(2-4-13)9-19-15(21)14-10-22-16(20-14)12-5-7-18-8-6-12/h1-4,10,12,18H,5-9H2,(H,19,21). The highest BCUT2D eigenvalue weighted by Gasteiger charge is 2.21. The van der Waals surface area contributed by atoms with E-state index in [-0.39, 0.29) is 5.91 Å². The highest BCUT2D eigenvalue weighted by molar-refractivity contribution is 9.10. The van der Waals surface area contributed by atoms with E-state index in [9.17, 15) is 4.79 Å². The van der Waals surface area contributed by atoms with E-state index in [2.05, 4.69) is 31.5 Å². The second kappa shape index (κ2) is 7.07. The Labute approximate surface area is 137 Å². The lowest BCUT2D eigenvalue weighted by atomic mass is 9.98. The molecule has 2 N–H and O–H groups in total. The number of piperidine rings is 1. The molecular formula is C16H18BrN3O2. The molecule has 2 heterocycles. The Kier molecular flexibility index (Phi) is 4.90. The summed E-state index contributed by atoms with van der Waals surface area (Å²) in [7, 11) is 0. The summed E-state index contributed by atoms with van der Waals surface area (Å²) < 4.78 is 6.51. The second-order valence-electron chi connectivity index (χ2n) is 5.40. The molecule has 2 aromatic rings. The van der Waals surface area contributed by atoms with Crippen molar-refractivity contribution >= 4 is 21.8 Å². The third-order valence-corrected chi connectivity index (χ3v) is 4.34. The SMILES string of the molecule is O=C(NCc1ccc(Br)cc1)c1coc(C2CCNCC2)n1. The van der Waals surface area contributed by atoms with Gasteiger partial charge in [-0.05, 0) is 43.6 Å². The number of carbonyl (C=O) groups excluding carboxylic acids is 1. The monoisotopic (exact) mass is 363 g/mol. The first kappa shape index (κ1) is 15.2. The first-order chi connectivity index (χ1) is 10.7. The van der Waals surface area contributed by atoms with Crippen molar-refractivity contribution in [3.8, 4) is 0 Å². The predicted molar refractivity (Wildman–Crippen MR) is 86.7 cm³/mol. The fraction of sp³-hybridized carbons (Fsp3) is 0.375. The van der Waals surface area contributed by atoms with E-state index >= 15 is 0 Å². The molecule has 0 unspecified atom stereocenters. The normalized spacial score (nSPS) is 15.7. The van der Waals surface area contributed by atoms with Gasteiger partial charge in [0.15, 0.2) is 11.6 Å². The number of amides is 1. The molecular weight excluding hydrogens is 346 g/mol. The molecule has 1 aromatic heterocycles. The molecule has 0 atom stereocenters. The Morgan fingerprint density at radius 2 is 2.05 bits per heavy atom. The summed E-state index contributed by atoms with van der Waals surface area (Å²) in [5.41, 5.74) is 1.39. The molecule has 1 aliphatic rings. The molecule has 1 aromatic carbocycles. The van der Waals surface area contributed by atoms with Crippen LogP contribution >= 0.6 is 15.9 Å². The number of carbonyl (C=O) groups is 1. The van der Waals surface area contributed by atoms with E-state index in [1.807, 2.05) is 24.3 Å². The van der Waals surface area contributed by atoms with E-state index in [0.717, 1.165) is 36.0 Å². The zero-order valence-corrected chi connectivity index (χ0v) is 13.7. The van der Waals surface area contributed by atoms with Crippen LogP contribution < -0.4 is 10.6 Å². The first-order valence-electron chi connectivity index (χ1n) is 7.41. The molecule has 0 saturated carbocycles. The first-order valence-corrected chi connectivity index (χ1v) is 8.20. The van der Waals surface area contributed by atoms with Crippen LogP contribution in [-0.4, -0.2) is 24.0 Å². The minimum atomic E-state index is -0.202. The summed E-state index contributed by atoms with van der Waals surface area (Å²) >= 11 is 3.39. The maximum Gasteiger partial charge on any atom is 0.273 e. The number of nitrogens with zero attached hydrogens (tertiary/aromatic N) is 1. The van der Waals surface area contributed by atoms with Crippen LogP contribution in [0, 0.1) is 0 Å². The van der Waals surface area contributed by atoms with Crippen LogP contribution in [0.5, 0.6) is 0 Å². The number of rotatable bonds is 4. The van der Waals surface area contributed by atoms with Gasteiger partial charge in [-0.1, -0.05) is 28.1 Å². The highest BCUT2D eigenvalue weighted by Crippen LogP contribution is 2.24.